The molecule has 0 aliphatic heterocycles. The topological polar surface area (TPSA) is 100.0 Å². The molecule has 0 bridgehead atoms. The van der Waals surface area contributed by atoms with Crippen molar-refractivity contribution < 1.29 is 26.8 Å². The lowest BCUT2D eigenvalue weighted by Crippen LogP contribution is -3.13. The highest BCUT2D eigenvalue weighted by Gasteiger charge is 2.10. The van der Waals surface area contributed by atoms with Crippen LogP contribution in [0.2, 0.25) is 0 Å². The number of rotatable bonds is 6. The van der Waals surface area contributed by atoms with Crippen LogP contribution in [0, 0.1) is 0 Å². The van der Waals surface area contributed by atoms with E-state index in [-0.39, 0.29) is 5.91 Å². The molecule has 0 saturated carbocycles. The van der Waals surface area contributed by atoms with Gasteiger partial charge in [-0.15, -0.1) is 0 Å². The molecule has 1 amide bonds. The van der Waals surface area contributed by atoms with Gasteiger partial charge < -0.3 is 14.8 Å². The molecule has 0 aromatic rings. The zero-order chi connectivity index (χ0) is 14.8. The normalized spacial score (nSPS) is 13.8. The van der Waals surface area contributed by atoms with Gasteiger partial charge in [-0.05, 0) is 19.9 Å². The van der Waals surface area contributed by atoms with Crippen LogP contribution in [0.5, 0.6) is 0 Å². The van der Waals surface area contributed by atoms with Crippen LogP contribution in [-0.4, -0.2) is 52.2 Å². The first-order valence-electron chi connectivity index (χ1n) is 5.41. The number of likely N-dealkylation sites (N-methyl/N-ethyl adjacent to an activating group) is 1. The second-order valence-corrected chi connectivity index (χ2v) is 4.77. The summed E-state index contributed by atoms with van der Waals surface area (Å²) >= 11 is 0. The summed E-state index contributed by atoms with van der Waals surface area (Å²) in [4.78, 5) is 12.2. The highest BCUT2D eigenvalue weighted by atomic mass is 32.3. The van der Waals surface area contributed by atoms with Crippen LogP contribution in [0.25, 0.3) is 0 Å². The number of amides is 1. The maximum Gasteiger partial charge on any atom is 0.243 e. The predicted molar refractivity (Wildman–Crippen MR) is 66.8 cm³/mol. The van der Waals surface area contributed by atoms with Gasteiger partial charge in [0.05, 0.1) is 27.2 Å². The van der Waals surface area contributed by atoms with Crippen molar-refractivity contribution in [2.75, 3.05) is 27.2 Å². The molecular weight excluding hydrogens is 260 g/mol. The standard InChI is InChI=1S/C9H18N2O.CH4O4S/c1-5-9(12)10-7-8(3)11(4)6-2;1-5-6(2,3)4/h5,8H,1,6-7H2,2-4H3,(H,10,12);1H3,(H,2,3,4). The Morgan fingerprint density at radius 2 is 2.06 bits per heavy atom. The summed E-state index contributed by atoms with van der Waals surface area (Å²) in [5, 5.41) is 2.77. The second-order valence-electron chi connectivity index (χ2n) is 3.63. The fourth-order valence-corrected chi connectivity index (χ4v) is 0.849. The molecule has 7 nitrogen and oxygen atoms in total. The molecule has 0 heterocycles. The van der Waals surface area contributed by atoms with Gasteiger partial charge in [-0.3, -0.25) is 8.98 Å². The Hall–Kier alpha value is -0.960. The van der Waals surface area contributed by atoms with E-state index in [0.29, 0.717) is 12.6 Å². The van der Waals surface area contributed by atoms with E-state index in [2.05, 4.69) is 37.0 Å². The molecule has 0 rings (SSSR count). The summed E-state index contributed by atoms with van der Waals surface area (Å²) in [6.07, 6.45) is 1.30. The van der Waals surface area contributed by atoms with Crippen molar-refractivity contribution in [3.63, 3.8) is 0 Å². The number of hydrogen-bond acceptors (Lipinski definition) is 5. The Labute approximate surface area is 109 Å². The fraction of sp³-hybridized carbons (Fsp3) is 0.700. The van der Waals surface area contributed by atoms with Gasteiger partial charge in [0.25, 0.3) is 0 Å². The Bertz CT molecular complexity index is 342. The summed E-state index contributed by atoms with van der Waals surface area (Å²) in [6.45, 7) is 9.41. The van der Waals surface area contributed by atoms with Gasteiger partial charge in [0.2, 0.25) is 16.3 Å². The van der Waals surface area contributed by atoms with Crippen molar-refractivity contribution in [3.8, 4) is 0 Å². The number of nitrogens with one attached hydrogen (secondary N) is 2. The molecule has 0 aromatic heterocycles. The van der Waals surface area contributed by atoms with Gasteiger partial charge in [-0.2, -0.15) is 0 Å². The molecule has 0 radical (unpaired) electrons. The van der Waals surface area contributed by atoms with Gasteiger partial charge in [-0.1, -0.05) is 6.58 Å². The zero-order valence-corrected chi connectivity index (χ0v) is 12.0. The molecule has 0 aliphatic carbocycles. The highest BCUT2D eigenvalue weighted by Crippen LogP contribution is 1.74. The van der Waals surface area contributed by atoms with E-state index in [4.69, 9.17) is 0 Å². The average Bonchev–Trinajstić information content (AvgIpc) is 2.34. The van der Waals surface area contributed by atoms with Gasteiger partial charge in [0.15, 0.2) is 0 Å². The Morgan fingerprint density at radius 1 is 1.61 bits per heavy atom. The first-order valence-corrected chi connectivity index (χ1v) is 6.75. The van der Waals surface area contributed by atoms with Crippen molar-refractivity contribution in [2.45, 2.75) is 19.9 Å². The van der Waals surface area contributed by atoms with Gasteiger partial charge in [0.1, 0.15) is 6.04 Å². The first-order chi connectivity index (χ1) is 8.17. The largest absolute Gasteiger partial charge is 0.726 e. The average molecular weight is 282 g/mol. The first kappa shape index (κ1) is 19.4. The Balaban J connectivity index is 0. The third-order valence-electron chi connectivity index (χ3n) is 2.37. The van der Waals surface area contributed by atoms with Crippen LogP contribution < -0.4 is 10.2 Å². The SMILES string of the molecule is C=CC(=O)NCC(C)[NH+](C)CC.COS(=O)(=O)[O-]. The third-order valence-corrected chi connectivity index (χ3v) is 2.78. The number of hydrogen-bond donors (Lipinski definition) is 2. The van der Waals surface area contributed by atoms with Crippen LogP contribution in [-0.2, 0) is 19.4 Å². The lowest BCUT2D eigenvalue weighted by Gasteiger charge is -2.19. The van der Waals surface area contributed by atoms with Crippen molar-refractivity contribution in [1.82, 2.24) is 5.32 Å². The Kier molecular flexibility index (Phi) is 10.8. The number of carbonyl (C=O) groups is 1. The van der Waals surface area contributed by atoms with Gasteiger partial charge in [-0.25, -0.2) is 8.42 Å². The van der Waals surface area contributed by atoms with Gasteiger partial charge >= 0.3 is 0 Å². The maximum atomic E-state index is 10.8. The second kappa shape index (κ2) is 10.0. The minimum atomic E-state index is -4.41. The molecule has 2 unspecified atom stereocenters. The van der Waals surface area contributed by atoms with Gasteiger partial charge in [0, 0.05) is 0 Å². The van der Waals surface area contributed by atoms with Crippen molar-refractivity contribution >= 4 is 16.3 Å². The van der Waals surface area contributed by atoms with E-state index in [1.165, 1.54) is 11.0 Å². The minimum Gasteiger partial charge on any atom is -0.726 e. The molecule has 18 heavy (non-hydrogen) atoms. The molecule has 0 aliphatic rings. The van der Waals surface area contributed by atoms with E-state index >= 15 is 0 Å². The summed E-state index contributed by atoms with van der Waals surface area (Å²) in [7, 11) is -1.49. The molecule has 0 aromatic carbocycles. The smallest absolute Gasteiger partial charge is 0.243 e. The summed E-state index contributed by atoms with van der Waals surface area (Å²) in [6, 6.07) is 0.457. The van der Waals surface area contributed by atoms with E-state index in [1.807, 2.05) is 0 Å². The zero-order valence-electron chi connectivity index (χ0n) is 11.2. The lowest BCUT2D eigenvalue weighted by atomic mass is 10.3. The summed E-state index contributed by atoms with van der Waals surface area (Å²) in [5.74, 6) is -0.0919. The highest BCUT2D eigenvalue weighted by molar-refractivity contribution is 7.80. The van der Waals surface area contributed by atoms with Crippen LogP contribution in [0.15, 0.2) is 12.7 Å². The molecule has 0 fully saturated rings. The molecule has 2 N–H and O–H groups in total. The van der Waals surface area contributed by atoms with E-state index in [1.54, 1.807) is 0 Å². The summed E-state index contributed by atoms with van der Waals surface area (Å²) in [5.41, 5.74) is 0. The molecule has 2 atom stereocenters. The number of carbonyl (C=O) groups excluding carboxylic acids is 1. The monoisotopic (exact) mass is 282 g/mol. The van der Waals surface area contributed by atoms with Crippen molar-refractivity contribution in [1.29, 1.82) is 0 Å². The lowest BCUT2D eigenvalue weighted by molar-refractivity contribution is -0.900. The molecule has 108 valence electrons. The van der Waals surface area contributed by atoms with Crippen molar-refractivity contribution in [2.24, 2.45) is 0 Å². The summed E-state index contributed by atoms with van der Waals surface area (Å²) < 4.78 is 31.0. The molecule has 0 saturated heterocycles. The fourth-order valence-electron chi connectivity index (χ4n) is 0.849. The maximum absolute atomic E-state index is 10.8. The molecule has 0 spiro atoms. The van der Waals surface area contributed by atoms with E-state index < -0.39 is 10.4 Å². The quantitative estimate of drug-likeness (QED) is 0.344. The number of quaternary nitrogens is 1. The van der Waals surface area contributed by atoms with Crippen LogP contribution in [0.3, 0.4) is 0 Å². The van der Waals surface area contributed by atoms with Crippen molar-refractivity contribution in [3.05, 3.63) is 12.7 Å². The van der Waals surface area contributed by atoms with Crippen LogP contribution >= 0.6 is 0 Å². The van der Waals surface area contributed by atoms with E-state index in [9.17, 15) is 17.8 Å². The van der Waals surface area contributed by atoms with Crippen LogP contribution in [0.1, 0.15) is 13.8 Å². The molecule has 8 heteroatoms. The molecular formula is C10H22N2O5S. The van der Waals surface area contributed by atoms with Crippen LogP contribution in [0.4, 0.5) is 0 Å². The predicted octanol–water partition coefficient (Wildman–Crippen LogP) is -1.70. The minimum absolute atomic E-state index is 0.0919. The Morgan fingerprint density at radius 3 is 2.33 bits per heavy atom. The third kappa shape index (κ3) is 13.1. The van der Waals surface area contributed by atoms with E-state index in [0.717, 1.165) is 13.7 Å².